The van der Waals surface area contributed by atoms with Crippen LogP contribution in [0.1, 0.15) is 24.1 Å². The molecule has 9 heteroatoms. The molecule has 2 aromatic rings. The first-order chi connectivity index (χ1) is 15.0. The average Bonchev–Trinajstić information content (AvgIpc) is 3.40. The molecule has 6 rings (SSSR count). The maximum atomic E-state index is 13.0. The number of fused-ring (bicyclic) bond motifs is 4. The van der Waals surface area contributed by atoms with E-state index in [0.717, 1.165) is 61.8 Å². The Labute approximate surface area is 182 Å². The Kier molecular flexibility index (Phi) is 5.54. The number of rotatable bonds is 7. The van der Waals surface area contributed by atoms with E-state index in [1.807, 2.05) is 22.9 Å². The topological polar surface area (TPSA) is 87.2 Å². The maximum absolute atomic E-state index is 13.0. The number of amides is 1. The van der Waals surface area contributed by atoms with Crippen molar-refractivity contribution in [1.82, 2.24) is 20.3 Å². The second kappa shape index (κ2) is 8.47. The van der Waals surface area contributed by atoms with Crippen molar-refractivity contribution in [2.45, 2.75) is 38.5 Å². The third-order valence-corrected chi connectivity index (χ3v) is 6.82. The highest BCUT2D eigenvalue weighted by Crippen LogP contribution is 2.32. The minimum absolute atomic E-state index is 0.0951. The van der Waals surface area contributed by atoms with E-state index >= 15 is 0 Å². The first kappa shape index (κ1) is 20.3. The Morgan fingerprint density at radius 2 is 2.19 bits per heavy atom. The van der Waals surface area contributed by atoms with E-state index in [4.69, 9.17) is 9.47 Å². The van der Waals surface area contributed by atoms with Crippen molar-refractivity contribution in [3.8, 4) is 11.5 Å². The van der Waals surface area contributed by atoms with Crippen molar-refractivity contribution in [3.63, 3.8) is 0 Å². The highest BCUT2D eigenvalue weighted by Gasteiger charge is 2.46. The SMILES string of the molecule is C[NH+](C)Cc1cn(C[C@H]2C[C@H]3CC[NH+]2C[C@@H]3C(=O)NCc2ccc3c(c2)OCO3)nn1. The maximum Gasteiger partial charge on any atom is 0.231 e. The molecule has 5 heterocycles. The van der Waals surface area contributed by atoms with Gasteiger partial charge in [-0.15, -0.1) is 5.10 Å². The van der Waals surface area contributed by atoms with Crippen LogP contribution in [-0.2, 0) is 24.4 Å². The molecule has 1 unspecified atom stereocenters. The van der Waals surface area contributed by atoms with Crippen LogP contribution in [-0.4, -0.2) is 60.9 Å². The Hall–Kier alpha value is -2.65. The molecule has 31 heavy (non-hydrogen) atoms. The molecular weight excluding hydrogens is 396 g/mol. The molecule has 166 valence electrons. The first-order valence-electron chi connectivity index (χ1n) is 11.2. The minimum atomic E-state index is 0.0951. The lowest BCUT2D eigenvalue weighted by molar-refractivity contribution is -0.945. The molecule has 4 aliphatic heterocycles. The summed E-state index contributed by atoms with van der Waals surface area (Å²) in [4.78, 5) is 15.8. The Bertz CT molecular complexity index is 945. The predicted molar refractivity (Wildman–Crippen MR) is 112 cm³/mol. The van der Waals surface area contributed by atoms with Crippen molar-refractivity contribution in [1.29, 1.82) is 0 Å². The van der Waals surface area contributed by atoms with Crippen LogP contribution >= 0.6 is 0 Å². The summed E-state index contributed by atoms with van der Waals surface area (Å²) in [6.45, 7) is 4.60. The number of hydrogen-bond acceptors (Lipinski definition) is 5. The molecule has 0 saturated carbocycles. The van der Waals surface area contributed by atoms with E-state index in [9.17, 15) is 4.79 Å². The molecule has 4 aliphatic rings. The lowest BCUT2D eigenvalue weighted by Gasteiger charge is -2.46. The molecule has 9 nitrogen and oxygen atoms in total. The van der Waals surface area contributed by atoms with Crippen molar-refractivity contribution >= 4 is 5.91 Å². The van der Waals surface area contributed by atoms with Crippen molar-refractivity contribution < 1.29 is 24.1 Å². The van der Waals surface area contributed by atoms with Crippen LogP contribution in [0.15, 0.2) is 24.4 Å². The van der Waals surface area contributed by atoms with E-state index in [-0.39, 0.29) is 18.6 Å². The van der Waals surface area contributed by atoms with E-state index in [0.29, 0.717) is 18.5 Å². The van der Waals surface area contributed by atoms with E-state index < -0.39 is 0 Å². The van der Waals surface area contributed by atoms with Gasteiger partial charge >= 0.3 is 0 Å². The fourth-order valence-corrected chi connectivity index (χ4v) is 5.29. The number of piperidine rings is 3. The lowest BCUT2D eigenvalue weighted by atomic mass is 9.75. The van der Waals surface area contributed by atoms with Gasteiger partial charge in [-0.2, -0.15) is 0 Å². The molecule has 1 aromatic carbocycles. The molecule has 0 spiro atoms. The van der Waals surface area contributed by atoms with Gasteiger partial charge in [-0.1, -0.05) is 11.3 Å². The van der Waals surface area contributed by atoms with Crippen molar-refractivity contribution in [2.75, 3.05) is 34.0 Å². The zero-order chi connectivity index (χ0) is 21.4. The van der Waals surface area contributed by atoms with Gasteiger partial charge in [-0.25, -0.2) is 4.68 Å². The number of carbonyl (C=O) groups excluding carboxylic acids is 1. The molecule has 1 amide bonds. The highest BCUT2D eigenvalue weighted by molar-refractivity contribution is 5.79. The first-order valence-corrected chi connectivity index (χ1v) is 11.2. The number of benzene rings is 1. The Morgan fingerprint density at radius 3 is 3.00 bits per heavy atom. The van der Waals surface area contributed by atoms with Crippen molar-refractivity contribution in [3.05, 3.63) is 35.7 Å². The number of nitrogens with zero attached hydrogens (tertiary/aromatic N) is 3. The zero-order valence-corrected chi connectivity index (χ0v) is 18.3. The number of ether oxygens (including phenoxy) is 2. The van der Waals surface area contributed by atoms with Crippen LogP contribution in [0.5, 0.6) is 11.5 Å². The van der Waals surface area contributed by atoms with Gasteiger partial charge in [-0.3, -0.25) is 4.79 Å². The van der Waals surface area contributed by atoms with E-state index in [2.05, 4.69) is 35.9 Å². The van der Waals surface area contributed by atoms with Gasteiger partial charge in [0.15, 0.2) is 11.5 Å². The molecular formula is C22H32N6O3+2. The fourth-order valence-electron chi connectivity index (χ4n) is 5.29. The highest BCUT2D eigenvalue weighted by atomic mass is 16.7. The quantitative estimate of drug-likeness (QED) is 0.488. The number of nitrogens with one attached hydrogen (secondary N) is 3. The Morgan fingerprint density at radius 1 is 1.32 bits per heavy atom. The monoisotopic (exact) mass is 428 g/mol. The molecule has 1 aromatic heterocycles. The predicted octanol–water partition coefficient (Wildman–Crippen LogP) is -1.74. The second-order valence-electron chi connectivity index (χ2n) is 9.42. The molecule has 0 radical (unpaired) electrons. The van der Waals surface area contributed by atoms with Gasteiger partial charge in [0.05, 0.1) is 45.8 Å². The largest absolute Gasteiger partial charge is 0.454 e. The van der Waals surface area contributed by atoms with Gasteiger partial charge in [0.2, 0.25) is 12.7 Å². The molecule has 0 aliphatic carbocycles. The average molecular weight is 429 g/mol. The smallest absolute Gasteiger partial charge is 0.231 e. The summed E-state index contributed by atoms with van der Waals surface area (Å²) >= 11 is 0. The van der Waals surface area contributed by atoms with Gasteiger partial charge in [0.25, 0.3) is 0 Å². The number of hydrogen-bond donors (Lipinski definition) is 3. The van der Waals surface area contributed by atoms with Crippen LogP contribution in [0.2, 0.25) is 0 Å². The summed E-state index contributed by atoms with van der Waals surface area (Å²) in [5.74, 6) is 2.25. The van der Waals surface area contributed by atoms with Crippen LogP contribution in [0.4, 0.5) is 0 Å². The summed E-state index contributed by atoms with van der Waals surface area (Å²) in [6, 6.07) is 6.35. The third-order valence-electron chi connectivity index (χ3n) is 6.82. The number of carbonyl (C=O) groups is 1. The number of aromatic nitrogens is 3. The van der Waals surface area contributed by atoms with Crippen LogP contribution in [0.3, 0.4) is 0 Å². The zero-order valence-electron chi connectivity index (χ0n) is 18.3. The summed E-state index contributed by atoms with van der Waals surface area (Å²) in [5, 5.41) is 11.8. The van der Waals surface area contributed by atoms with Gasteiger partial charge in [0.1, 0.15) is 18.3 Å². The molecule has 2 bridgehead atoms. The third kappa shape index (κ3) is 4.38. The molecule has 3 fully saturated rings. The van der Waals surface area contributed by atoms with Crippen LogP contribution in [0, 0.1) is 11.8 Å². The van der Waals surface area contributed by atoms with E-state index in [1.54, 1.807) is 0 Å². The van der Waals surface area contributed by atoms with Crippen LogP contribution < -0.4 is 24.6 Å². The summed E-state index contributed by atoms with van der Waals surface area (Å²) in [5.41, 5.74) is 2.07. The molecule has 4 atom stereocenters. The van der Waals surface area contributed by atoms with Gasteiger partial charge in [0, 0.05) is 19.4 Å². The van der Waals surface area contributed by atoms with Crippen molar-refractivity contribution in [2.24, 2.45) is 11.8 Å². The summed E-state index contributed by atoms with van der Waals surface area (Å²) < 4.78 is 12.8. The fraction of sp³-hybridized carbons (Fsp3) is 0.591. The summed E-state index contributed by atoms with van der Waals surface area (Å²) in [6.07, 6.45) is 4.28. The number of quaternary nitrogens is 2. The van der Waals surface area contributed by atoms with E-state index in [1.165, 1.54) is 9.80 Å². The van der Waals surface area contributed by atoms with Gasteiger partial charge in [-0.05, 0) is 23.6 Å². The van der Waals surface area contributed by atoms with Gasteiger partial charge < -0.3 is 24.6 Å². The molecule has 3 saturated heterocycles. The normalized spacial score (nSPS) is 26.4. The Balaban J connectivity index is 1.15. The second-order valence-corrected chi connectivity index (χ2v) is 9.42. The summed E-state index contributed by atoms with van der Waals surface area (Å²) in [7, 11) is 4.24. The van der Waals surface area contributed by atoms with Crippen LogP contribution in [0.25, 0.3) is 0 Å². The lowest BCUT2D eigenvalue weighted by Crippen LogP contribution is -3.20. The molecule has 3 N–H and O–H groups in total. The minimum Gasteiger partial charge on any atom is -0.454 e. The standard InChI is InChI=1S/C22H30N6O3/c1-26(2)10-17-11-28(25-24-17)12-18-8-16-5-6-27(18)13-19(16)22(29)23-9-15-3-4-20-21(7-15)31-14-30-20/h3-4,7,11,16,18-19H,5-6,8-10,12-14H2,1-2H3,(H,23,29)/p+2/t16-,18-,19+/m1/s1.